The summed E-state index contributed by atoms with van der Waals surface area (Å²) in [6, 6.07) is 14.2. The first kappa shape index (κ1) is 16.6. The van der Waals surface area contributed by atoms with Crippen molar-refractivity contribution in [3.63, 3.8) is 0 Å². The smallest absolute Gasteiger partial charge is 0.221 e. The minimum atomic E-state index is -0.517. The Morgan fingerprint density at radius 1 is 1.21 bits per heavy atom. The van der Waals surface area contributed by atoms with Gasteiger partial charge >= 0.3 is 0 Å². The third kappa shape index (κ3) is 3.99. The van der Waals surface area contributed by atoms with Gasteiger partial charge in [-0.2, -0.15) is 0 Å². The molecule has 0 aromatic heterocycles. The van der Waals surface area contributed by atoms with Crippen molar-refractivity contribution in [1.82, 2.24) is 10.2 Å². The van der Waals surface area contributed by atoms with E-state index in [1.54, 1.807) is 18.2 Å². The maximum absolute atomic E-state index is 13.5. The Bertz CT molecular complexity index is 720. The topological polar surface area (TPSA) is 52.6 Å². The van der Waals surface area contributed by atoms with Crippen molar-refractivity contribution < 1.29 is 14.3 Å². The molecule has 0 spiro atoms. The van der Waals surface area contributed by atoms with Crippen LogP contribution in [0.2, 0.25) is 0 Å². The van der Waals surface area contributed by atoms with Crippen molar-refractivity contribution in [1.29, 1.82) is 0 Å². The third-order valence-corrected chi connectivity index (χ3v) is 4.33. The molecule has 1 unspecified atom stereocenters. The first-order chi connectivity index (χ1) is 11.6. The van der Waals surface area contributed by atoms with Crippen LogP contribution < -0.4 is 5.32 Å². The van der Waals surface area contributed by atoms with Gasteiger partial charge in [0.2, 0.25) is 5.91 Å². The number of aliphatic hydroxyl groups excluding tert-OH is 1. The van der Waals surface area contributed by atoms with Crippen molar-refractivity contribution >= 4 is 5.91 Å². The molecule has 2 aromatic rings. The molecule has 2 aromatic carbocycles. The Hall–Kier alpha value is -2.24. The molecule has 0 bridgehead atoms. The van der Waals surface area contributed by atoms with Gasteiger partial charge in [-0.15, -0.1) is 0 Å². The Labute approximate surface area is 140 Å². The van der Waals surface area contributed by atoms with Gasteiger partial charge in [0.25, 0.3) is 0 Å². The summed E-state index contributed by atoms with van der Waals surface area (Å²) >= 11 is 0. The molecule has 0 fully saturated rings. The average Bonchev–Trinajstić information content (AvgIpc) is 2.59. The summed E-state index contributed by atoms with van der Waals surface area (Å²) < 4.78 is 13.5. The molecule has 3 rings (SSSR count). The highest BCUT2D eigenvalue weighted by Gasteiger charge is 2.23. The van der Waals surface area contributed by atoms with Crippen LogP contribution in [0.3, 0.4) is 0 Å². The van der Waals surface area contributed by atoms with Gasteiger partial charge in [-0.05, 0) is 17.2 Å². The van der Waals surface area contributed by atoms with Crippen molar-refractivity contribution in [2.75, 3.05) is 13.1 Å². The Balaban J connectivity index is 1.48. The van der Waals surface area contributed by atoms with Crippen molar-refractivity contribution in [2.24, 2.45) is 0 Å². The van der Waals surface area contributed by atoms with Gasteiger partial charge in [0.05, 0.1) is 6.10 Å². The molecule has 1 aliphatic rings. The van der Waals surface area contributed by atoms with Crippen LogP contribution in [-0.2, 0) is 17.9 Å². The maximum Gasteiger partial charge on any atom is 0.221 e. The molecule has 1 heterocycles. The van der Waals surface area contributed by atoms with Gasteiger partial charge in [-0.1, -0.05) is 42.5 Å². The predicted molar refractivity (Wildman–Crippen MR) is 89.5 cm³/mol. The lowest BCUT2D eigenvalue weighted by Gasteiger charge is -2.31. The summed E-state index contributed by atoms with van der Waals surface area (Å²) in [7, 11) is 0. The second-order valence-corrected chi connectivity index (χ2v) is 6.07. The highest BCUT2D eigenvalue weighted by molar-refractivity contribution is 5.76. The number of carbonyl (C=O) groups is 1. The van der Waals surface area contributed by atoms with E-state index in [1.807, 2.05) is 24.3 Å². The number of hydrogen-bond acceptors (Lipinski definition) is 3. The number of nitrogens with zero attached hydrogens (tertiary/aromatic N) is 1. The summed E-state index contributed by atoms with van der Waals surface area (Å²) in [4.78, 5) is 14.0. The van der Waals surface area contributed by atoms with Crippen molar-refractivity contribution in [3.05, 3.63) is 71.0 Å². The van der Waals surface area contributed by atoms with Crippen LogP contribution in [0.25, 0.3) is 0 Å². The Morgan fingerprint density at radius 3 is 2.79 bits per heavy atom. The monoisotopic (exact) mass is 328 g/mol. The zero-order valence-electron chi connectivity index (χ0n) is 13.4. The second kappa shape index (κ2) is 7.55. The minimum Gasteiger partial charge on any atom is -0.387 e. The number of benzene rings is 2. The fourth-order valence-corrected chi connectivity index (χ4v) is 3.01. The van der Waals surface area contributed by atoms with E-state index in [9.17, 15) is 14.3 Å². The summed E-state index contributed by atoms with van der Waals surface area (Å²) in [6.07, 6.45) is -0.194. The number of carbonyl (C=O) groups excluding carboxylic acids is 1. The van der Waals surface area contributed by atoms with E-state index in [2.05, 4.69) is 10.2 Å². The number of fused-ring (bicyclic) bond motifs is 1. The normalized spacial score (nSPS) is 17.3. The molecule has 24 heavy (non-hydrogen) atoms. The van der Waals surface area contributed by atoms with E-state index in [1.165, 1.54) is 6.07 Å². The molecule has 1 aliphatic heterocycles. The molecule has 1 atom stereocenters. The molecule has 0 aliphatic carbocycles. The lowest BCUT2D eigenvalue weighted by atomic mass is 9.97. The predicted octanol–water partition coefficient (Wildman–Crippen LogP) is 2.38. The Kier molecular flexibility index (Phi) is 5.23. The molecular weight excluding hydrogens is 307 g/mol. The van der Waals surface area contributed by atoms with Crippen molar-refractivity contribution in [3.8, 4) is 0 Å². The number of aliphatic hydroxyl groups is 1. The minimum absolute atomic E-state index is 0.119. The second-order valence-electron chi connectivity index (χ2n) is 6.07. The highest BCUT2D eigenvalue weighted by Crippen LogP contribution is 2.26. The van der Waals surface area contributed by atoms with E-state index in [0.717, 1.165) is 17.7 Å². The SMILES string of the molecule is O=C(CCN1Cc2ccccc2C(O)C1)NCc1ccccc1F. The number of rotatable bonds is 5. The third-order valence-electron chi connectivity index (χ3n) is 4.33. The number of hydrogen-bond donors (Lipinski definition) is 2. The van der Waals surface area contributed by atoms with Gasteiger partial charge in [0.1, 0.15) is 5.82 Å². The molecular formula is C19H21FN2O2. The first-order valence-corrected chi connectivity index (χ1v) is 8.12. The highest BCUT2D eigenvalue weighted by atomic mass is 19.1. The zero-order chi connectivity index (χ0) is 16.9. The number of nitrogens with one attached hydrogen (secondary N) is 1. The van der Waals surface area contributed by atoms with Crippen LogP contribution in [0.4, 0.5) is 4.39 Å². The van der Waals surface area contributed by atoms with Crippen LogP contribution >= 0.6 is 0 Å². The zero-order valence-corrected chi connectivity index (χ0v) is 13.4. The Morgan fingerprint density at radius 2 is 1.96 bits per heavy atom. The number of halogens is 1. The van der Waals surface area contributed by atoms with Gasteiger partial charge in [0.15, 0.2) is 0 Å². The average molecular weight is 328 g/mol. The molecule has 0 saturated carbocycles. The number of β-amino-alcohol motifs (C(OH)–C–C–N with tert-alkyl or cyclic N) is 1. The van der Waals surface area contributed by atoms with Gasteiger partial charge < -0.3 is 10.4 Å². The van der Waals surface area contributed by atoms with Gasteiger partial charge in [-0.3, -0.25) is 9.69 Å². The van der Waals surface area contributed by atoms with E-state index in [-0.39, 0.29) is 18.3 Å². The first-order valence-electron chi connectivity index (χ1n) is 8.12. The van der Waals surface area contributed by atoms with Crippen LogP contribution in [0.1, 0.15) is 29.2 Å². The van der Waals surface area contributed by atoms with Crippen LogP contribution in [0.5, 0.6) is 0 Å². The van der Waals surface area contributed by atoms with Crippen molar-refractivity contribution in [2.45, 2.75) is 25.6 Å². The summed E-state index contributed by atoms with van der Waals surface area (Å²) in [5, 5.41) is 12.9. The van der Waals surface area contributed by atoms with Crippen LogP contribution in [-0.4, -0.2) is 29.0 Å². The van der Waals surface area contributed by atoms with Crippen LogP contribution in [0.15, 0.2) is 48.5 Å². The molecule has 5 heteroatoms. The summed E-state index contributed by atoms with van der Waals surface area (Å²) in [5.41, 5.74) is 2.55. The van der Waals surface area contributed by atoms with E-state index in [4.69, 9.17) is 0 Å². The standard InChI is InChI=1S/C19H21FN2O2/c20-17-8-4-2-5-14(17)11-21-19(24)9-10-22-12-15-6-1-3-7-16(15)18(23)13-22/h1-8,18,23H,9-13H2,(H,21,24). The van der Waals surface area contributed by atoms with E-state index < -0.39 is 6.10 Å². The molecule has 1 amide bonds. The summed E-state index contributed by atoms with van der Waals surface area (Å²) in [6.45, 7) is 2.01. The molecule has 126 valence electrons. The van der Waals surface area contributed by atoms with Gasteiger partial charge in [-0.25, -0.2) is 4.39 Å². The lowest BCUT2D eigenvalue weighted by Crippen LogP contribution is -2.36. The number of amides is 1. The fourth-order valence-electron chi connectivity index (χ4n) is 3.01. The van der Waals surface area contributed by atoms with E-state index in [0.29, 0.717) is 25.1 Å². The van der Waals surface area contributed by atoms with Crippen LogP contribution in [0, 0.1) is 5.82 Å². The molecule has 2 N–H and O–H groups in total. The maximum atomic E-state index is 13.5. The molecule has 0 radical (unpaired) electrons. The van der Waals surface area contributed by atoms with Gasteiger partial charge in [0, 0.05) is 38.2 Å². The summed E-state index contributed by atoms with van der Waals surface area (Å²) in [5.74, 6) is -0.430. The molecule has 0 saturated heterocycles. The molecule has 4 nitrogen and oxygen atoms in total. The fraction of sp³-hybridized carbons (Fsp3) is 0.316. The lowest BCUT2D eigenvalue weighted by molar-refractivity contribution is -0.121. The van der Waals surface area contributed by atoms with E-state index >= 15 is 0 Å². The quantitative estimate of drug-likeness (QED) is 0.886. The largest absolute Gasteiger partial charge is 0.387 e.